The first-order chi connectivity index (χ1) is 9.13. The Labute approximate surface area is 112 Å². The number of likely N-dealkylation sites (tertiary alicyclic amines) is 1. The first-order valence-electron chi connectivity index (χ1n) is 6.34. The first-order valence-corrected chi connectivity index (χ1v) is 6.34. The Morgan fingerprint density at radius 1 is 1.37 bits per heavy atom. The summed E-state index contributed by atoms with van der Waals surface area (Å²) in [7, 11) is 1.33. The summed E-state index contributed by atoms with van der Waals surface area (Å²) in [6.07, 6.45) is 1.05. The van der Waals surface area contributed by atoms with Crippen molar-refractivity contribution in [2.45, 2.75) is 25.8 Å². The van der Waals surface area contributed by atoms with Gasteiger partial charge < -0.3 is 10.1 Å². The average Bonchev–Trinajstić information content (AvgIpc) is 2.90. The van der Waals surface area contributed by atoms with Crippen LogP contribution in [0.15, 0.2) is 24.3 Å². The Bertz CT molecular complexity index is 487. The van der Waals surface area contributed by atoms with Gasteiger partial charge in [0.15, 0.2) is 0 Å². The van der Waals surface area contributed by atoms with Crippen molar-refractivity contribution in [1.29, 1.82) is 0 Å². The van der Waals surface area contributed by atoms with Crippen molar-refractivity contribution in [3.63, 3.8) is 0 Å². The summed E-state index contributed by atoms with van der Waals surface area (Å²) in [5, 5.41) is 2.87. The number of carbonyl (C=O) groups is 2. The summed E-state index contributed by atoms with van der Waals surface area (Å²) < 4.78 is 4.70. The number of nitrogens with zero attached hydrogens (tertiary/aromatic N) is 1. The molecule has 1 aliphatic rings. The minimum atomic E-state index is -0.442. The van der Waals surface area contributed by atoms with Crippen LogP contribution in [0.3, 0.4) is 0 Å². The molecule has 0 radical (unpaired) electrons. The third-order valence-corrected chi connectivity index (χ3v) is 3.37. The fourth-order valence-corrected chi connectivity index (χ4v) is 2.30. The number of hydrogen-bond donors (Lipinski definition) is 1. The van der Waals surface area contributed by atoms with E-state index in [1.807, 2.05) is 31.2 Å². The molecule has 102 valence electrons. The lowest BCUT2D eigenvalue weighted by Crippen LogP contribution is -2.43. The molecule has 1 aromatic rings. The van der Waals surface area contributed by atoms with E-state index >= 15 is 0 Å². The fourth-order valence-electron chi connectivity index (χ4n) is 2.30. The van der Waals surface area contributed by atoms with Crippen LogP contribution in [0.4, 0.5) is 10.5 Å². The van der Waals surface area contributed by atoms with E-state index in [0.29, 0.717) is 13.0 Å². The Kier molecular flexibility index (Phi) is 4.04. The van der Waals surface area contributed by atoms with E-state index in [2.05, 4.69) is 5.32 Å². The van der Waals surface area contributed by atoms with Crippen molar-refractivity contribution < 1.29 is 14.3 Å². The molecule has 0 spiro atoms. The number of hydrogen-bond acceptors (Lipinski definition) is 3. The largest absolute Gasteiger partial charge is 0.453 e. The van der Waals surface area contributed by atoms with Crippen molar-refractivity contribution >= 4 is 17.7 Å². The zero-order valence-electron chi connectivity index (χ0n) is 11.2. The van der Waals surface area contributed by atoms with Crippen molar-refractivity contribution in [1.82, 2.24) is 4.90 Å². The predicted octanol–water partition coefficient (Wildman–Crippen LogP) is 2.16. The molecule has 0 aromatic heterocycles. The number of carbonyl (C=O) groups excluding carboxylic acids is 2. The van der Waals surface area contributed by atoms with Crippen LogP contribution in [0.2, 0.25) is 0 Å². The van der Waals surface area contributed by atoms with Crippen molar-refractivity contribution in [3.8, 4) is 0 Å². The van der Waals surface area contributed by atoms with Crippen molar-refractivity contribution in [2.75, 3.05) is 19.0 Å². The molecule has 1 aliphatic heterocycles. The highest BCUT2D eigenvalue weighted by molar-refractivity contribution is 5.97. The average molecular weight is 262 g/mol. The number of nitrogens with one attached hydrogen (secondary N) is 1. The van der Waals surface area contributed by atoms with Gasteiger partial charge >= 0.3 is 6.09 Å². The van der Waals surface area contributed by atoms with Crippen LogP contribution in [0.25, 0.3) is 0 Å². The molecule has 1 heterocycles. The van der Waals surface area contributed by atoms with Gasteiger partial charge in [0, 0.05) is 12.2 Å². The van der Waals surface area contributed by atoms with E-state index in [9.17, 15) is 9.59 Å². The van der Waals surface area contributed by atoms with E-state index in [1.54, 1.807) is 0 Å². The maximum absolute atomic E-state index is 12.2. The van der Waals surface area contributed by atoms with Crippen LogP contribution in [-0.4, -0.2) is 36.6 Å². The highest BCUT2D eigenvalue weighted by Gasteiger charge is 2.34. The number of ether oxygens (including phenoxy) is 1. The molecule has 1 fully saturated rings. The number of anilines is 1. The number of methoxy groups -OCH3 is 1. The summed E-state index contributed by atoms with van der Waals surface area (Å²) in [5.74, 6) is -0.155. The summed E-state index contributed by atoms with van der Waals surface area (Å²) in [5.41, 5.74) is 1.78. The molecular formula is C14H18N2O3. The molecule has 0 aliphatic carbocycles. The lowest BCUT2D eigenvalue weighted by Gasteiger charge is -2.22. The van der Waals surface area contributed by atoms with Gasteiger partial charge in [-0.2, -0.15) is 0 Å². The zero-order chi connectivity index (χ0) is 13.8. The van der Waals surface area contributed by atoms with Crippen molar-refractivity contribution in [3.05, 3.63) is 29.8 Å². The van der Waals surface area contributed by atoms with Gasteiger partial charge in [-0.1, -0.05) is 18.2 Å². The van der Waals surface area contributed by atoms with Gasteiger partial charge in [0.1, 0.15) is 6.04 Å². The molecular weight excluding hydrogens is 244 g/mol. The molecule has 2 amide bonds. The zero-order valence-corrected chi connectivity index (χ0v) is 11.2. The molecule has 1 unspecified atom stereocenters. The minimum Gasteiger partial charge on any atom is -0.453 e. The van der Waals surface area contributed by atoms with Crippen LogP contribution < -0.4 is 5.32 Å². The van der Waals surface area contributed by atoms with Gasteiger partial charge in [0.2, 0.25) is 5.91 Å². The van der Waals surface area contributed by atoms with Gasteiger partial charge in [-0.05, 0) is 31.4 Å². The van der Waals surface area contributed by atoms with Crippen LogP contribution >= 0.6 is 0 Å². The van der Waals surface area contributed by atoms with E-state index < -0.39 is 12.1 Å². The quantitative estimate of drug-likeness (QED) is 0.888. The molecule has 19 heavy (non-hydrogen) atoms. The third-order valence-electron chi connectivity index (χ3n) is 3.37. The summed E-state index contributed by atoms with van der Waals surface area (Å²) in [4.78, 5) is 25.3. The first kappa shape index (κ1) is 13.4. The Hall–Kier alpha value is -2.04. The second-order valence-corrected chi connectivity index (χ2v) is 4.63. The molecule has 1 saturated heterocycles. The van der Waals surface area contributed by atoms with E-state index in [4.69, 9.17) is 4.74 Å². The van der Waals surface area contributed by atoms with Gasteiger partial charge in [-0.3, -0.25) is 9.69 Å². The standard InChI is InChI=1S/C14H18N2O3/c1-10-6-3-4-7-11(10)15-13(17)12-8-5-9-16(12)14(18)19-2/h3-4,6-7,12H,5,8-9H2,1-2H3,(H,15,17). The van der Waals surface area contributed by atoms with Gasteiger partial charge in [0.05, 0.1) is 7.11 Å². The van der Waals surface area contributed by atoms with Crippen LogP contribution in [-0.2, 0) is 9.53 Å². The van der Waals surface area contributed by atoms with Crippen LogP contribution in [0, 0.1) is 6.92 Å². The predicted molar refractivity (Wildman–Crippen MR) is 71.9 cm³/mol. The number of aryl methyl sites for hydroxylation is 1. The molecule has 1 N–H and O–H groups in total. The second-order valence-electron chi connectivity index (χ2n) is 4.63. The highest BCUT2D eigenvalue weighted by Crippen LogP contribution is 2.21. The Morgan fingerprint density at radius 3 is 2.79 bits per heavy atom. The molecule has 0 bridgehead atoms. The molecule has 1 aromatic carbocycles. The Morgan fingerprint density at radius 2 is 2.11 bits per heavy atom. The van der Waals surface area contributed by atoms with Gasteiger partial charge in [-0.15, -0.1) is 0 Å². The monoisotopic (exact) mass is 262 g/mol. The SMILES string of the molecule is COC(=O)N1CCCC1C(=O)Nc1ccccc1C. The molecule has 5 nitrogen and oxygen atoms in total. The van der Waals surface area contributed by atoms with Gasteiger partial charge in [-0.25, -0.2) is 4.79 Å². The lowest BCUT2D eigenvalue weighted by atomic mass is 10.1. The second kappa shape index (κ2) is 5.73. The summed E-state index contributed by atoms with van der Waals surface area (Å²) in [6, 6.07) is 7.14. The number of para-hydroxylation sites is 1. The number of rotatable bonds is 2. The minimum absolute atomic E-state index is 0.155. The number of benzene rings is 1. The smallest absolute Gasteiger partial charge is 0.410 e. The summed E-state index contributed by atoms with van der Waals surface area (Å²) in [6.45, 7) is 2.50. The summed E-state index contributed by atoms with van der Waals surface area (Å²) >= 11 is 0. The van der Waals surface area contributed by atoms with Crippen LogP contribution in [0.1, 0.15) is 18.4 Å². The van der Waals surface area contributed by atoms with Crippen LogP contribution in [0.5, 0.6) is 0 Å². The lowest BCUT2D eigenvalue weighted by molar-refractivity contribution is -0.119. The van der Waals surface area contributed by atoms with E-state index in [-0.39, 0.29) is 5.91 Å². The maximum atomic E-state index is 12.2. The molecule has 1 atom stereocenters. The van der Waals surface area contributed by atoms with E-state index in [0.717, 1.165) is 17.7 Å². The highest BCUT2D eigenvalue weighted by atomic mass is 16.5. The molecule has 0 saturated carbocycles. The third kappa shape index (κ3) is 2.86. The molecule has 2 rings (SSSR count). The van der Waals surface area contributed by atoms with Gasteiger partial charge in [0.25, 0.3) is 0 Å². The Balaban J connectivity index is 2.07. The molecule has 5 heteroatoms. The maximum Gasteiger partial charge on any atom is 0.410 e. The normalized spacial score (nSPS) is 18.2. The van der Waals surface area contributed by atoms with Crippen molar-refractivity contribution in [2.24, 2.45) is 0 Å². The number of amides is 2. The fraction of sp³-hybridized carbons (Fsp3) is 0.429. The van der Waals surface area contributed by atoms with E-state index in [1.165, 1.54) is 12.0 Å². The topological polar surface area (TPSA) is 58.6 Å².